The standard InChI is InChI=1S/C14H15N2O5/c1-4-21-14(19)12(9(2)17)16-15-11-7-5-10(6-8-11)13(18)20-3/h5-8,12H,1,4H2,2-3H3. The van der Waals surface area contributed by atoms with Crippen LogP contribution in [-0.4, -0.2) is 37.5 Å². The molecule has 0 fully saturated rings. The van der Waals surface area contributed by atoms with Gasteiger partial charge in [-0.05, 0) is 38.1 Å². The van der Waals surface area contributed by atoms with Gasteiger partial charge in [-0.3, -0.25) is 4.79 Å². The number of carbonyl (C=O) groups is 3. The summed E-state index contributed by atoms with van der Waals surface area (Å²) >= 11 is 0. The summed E-state index contributed by atoms with van der Waals surface area (Å²) in [5.74, 6) is -1.75. The summed E-state index contributed by atoms with van der Waals surface area (Å²) in [6, 6.07) is 4.71. The minimum atomic E-state index is -1.31. The van der Waals surface area contributed by atoms with Gasteiger partial charge in [0.05, 0.1) is 25.0 Å². The van der Waals surface area contributed by atoms with Crippen molar-refractivity contribution in [2.75, 3.05) is 13.7 Å². The van der Waals surface area contributed by atoms with Crippen molar-refractivity contribution < 1.29 is 23.9 Å². The van der Waals surface area contributed by atoms with E-state index in [9.17, 15) is 14.4 Å². The highest BCUT2D eigenvalue weighted by Gasteiger charge is 2.24. The Morgan fingerprint density at radius 3 is 2.33 bits per heavy atom. The Balaban J connectivity index is 2.84. The first-order valence-electron chi connectivity index (χ1n) is 6.05. The average molecular weight is 291 g/mol. The van der Waals surface area contributed by atoms with E-state index in [1.165, 1.54) is 38.3 Å². The maximum absolute atomic E-state index is 11.5. The summed E-state index contributed by atoms with van der Waals surface area (Å²) in [5, 5.41) is 7.45. The minimum Gasteiger partial charge on any atom is -0.465 e. The molecule has 0 heterocycles. The molecule has 21 heavy (non-hydrogen) atoms. The molecule has 0 aliphatic carbocycles. The second-order valence-electron chi connectivity index (χ2n) is 3.93. The van der Waals surface area contributed by atoms with Crippen LogP contribution in [-0.2, 0) is 19.1 Å². The number of azo groups is 1. The Morgan fingerprint density at radius 1 is 1.24 bits per heavy atom. The van der Waals surface area contributed by atoms with Gasteiger partial charge in [0.1, 0.15) is 0 Å². The zero-order valence-corrected chi connectivity index (χ0v) is 11.7. The van der Waals surface area contributed by atoms with Gasteiger partial charge in [-0.2, -0.15) is 10.2 Å². The zero-order valence-electron chi connectivity index (χ0n) is 11.7. The van der Waals surface area contributed by atoms with Crippen molar-refractivity contribution in [2.24, 2.45) is 10.2 Å². The third-order valence-corrected chi connectivity index (χ3v) is 2.43. The molecule has 1 aromatic rings. The minimum absolute atomic E-state index is 0.0913. The summed E-state index contributed by atoms with van der Waals surface area (Å²) in [4.78, 5) is 34.1. The average Bonchev–Trinajstić information content (AvgIpc) is 2.47. The van der Waals surface area contributed by atoms with Crippen LogP contribution in [0.2, 0.25) is 0 Å². The monoisotopic (exact) mass is 291 g/mol. The summed E-state index contributed by atoms with van der Waals surface area (Å²) in [6.45, 7) is 4.47. The van der Waals surface area contributed by atoms with Gasteiger partial charge in [0.15, 0.2) is 5.78 Å². The van der Waals surface area contributed by atoms with Gasteiger partial charge in [0, 0.05) is 0 Å². The number of carbonyl (C=O) groups excluding carboxylic acids is 3. The SMILES string of the molecule is [CH2]COC(=O)C(N=Nc1ccc(C(=O)OC)cc1)C(C)=O. The third kappa shape index (κ3) is 4.79. The number of hydrogen-bond acceptors (Lipinski definition) is 7. The van der Waals surface area contributed by atoms with E-state index in [0.29, 0.717) is 11.3 Å². The van der Waals surface area contributed by atoms with Gasteiger partial charge < -0.3 is 9.47 Å². The number of esters is 2. The molecule has 1 radical (unpaired) electrons. The first-order valence-corrected chi connectivity index (χ1v) is 6.05. The smallest absolute Gasteiger partial charge is 0.340 e. The molecule has 111 valence electrons. The molecule has 7 nitrogen and oxygen atoms in total. The quantitative estimate of drug-likeness (QED) is 0.453. The van der Waals surface area contributed by atoms with Crippen molar-refractivity contribution in [3.05, 3.63) is 36.8 Å². The number of Topliss-reactive ketones (excluding diaryl/α,β-unsaturated/α-hetero) is 1. The van der Waals surface area contributed by atoms with Crippen LogP contribution in [0.15, 0.2) is 34.5 Å². The fraction of sp³-hybridized carbons (Fsp3) is 0.286. The lowest BCUT2D eigenvalue weighted by atomic mass is 10.2. The molecule has 0 bridgehead atoms. The second-order valence-corrected chi connectivity index (χ2v) is 3.93. The van der Waals surface area contributed by atoms with Crippen LogP contribution in [0.1, 0.15) is 17.3 Å². The van der Waals surface area contributed by atoms with Crippen molar-refractivity contribution >= 4 is 23.4 Å². The van der Waals surface area contributed by atoms with Crippen LogP contribution in [0.4, 0.5) is 5.69 Å². The molecule has 0 aliphatic rings. The summed E-state index contributed by atoms with van der Waals surface area (Å²) < 4.78 is 9.19. The molecule has 0 aliphatic heterocycles. The van der Waals surface area contributed by atoms with E-state index in [4.69, 9.17) is 0 Å². The molecule has 0 saturated heterocycles. The van der Waals surface area contributed by atoms with E-state index >= 15 is 0 Å². The molecule has 0 aromatic heterocycles. The van der Waals surface area contributed by atoms with Crippen LogP contribution in [0.5, 0.6) is 0 Å². The Bertz CT molecular complexity index is 551. The molecule has 0 saturated carbocycles. The number of rotatable bonds is 6. The van der Waals surface area contributed by atoms with Crippen molar-refractivity contribution in [3.8, 4) is 0 Å². The van der Waals surface area contributed by atoms with Gasteiger partial charge in [-0.1, -0.05) is 0 Å². The van der Waals surface area contributed by atoms with E-state index in [0.717, 1.165) is 0 Å². The molecule has 0 N–H and O–H groups in total. The van der Waals surface area contributed by atoms with Crippen LogP contribution in [0.25, 0.3) is 0 Å². The Hall–Kier alpha value is -2.57. The van der Waals surface area contributed by atoms with E-state index < -0.39 is 23.8 Å². The van der Waals surface area contributed by atoms with Crippen LogP contribution < -0.4 is 0 Å². The maximum Gasteiger partial charge on any atom is 0.340 e. The first-order chi connectivity index (χ1) is 9.99. The number of ether oxygens (including phenoxy) is 2. The van der Waals surface area contributed by atoms with Gasteiger partial charge in [-0.25, -0.2) is 9.59 Å². The fourth-order valence-corrected chi connectivity index (χ4v) is 1.38. The highest BCUT2D eigenvalue weighted by molar-refractivity contribution is 6.02. The molecule has 1 aromatic carbocycles. The van der Waals surface area contributed by atoms with Gasteiger partial charge in [-0.15, -0.1) is 0 Å². The summed E-state index contributed by atoms with van der Waals surface area (Å²) in [5.41, 5.74) is 0.743. The lowest BCUT2D eigenvalue weighted by Crippen LogP contribution is -2.28. The molecule has 1 atom stereocenters. The fourth-order valence-electron chi connectivity index (χ4n) is 1.38. The van der Waals surface area contributed by atoms with Crippen molar-refractivity contribution in [2.45, 2.75) is 13.0 Å². The normalized spacial score (nSPS) is 12.0. The summed E-state index contributed by atoms with van der Waals surface area (Å²) in [7, 11) is 1.28. The topological polar surface area (TPSA) is 94.4 Å². The van der Waals surface area contributed by atoms with Gasteiger partial charge >= 0.3 is 11.9 Å². The predicted octanol–water partition coefficient (Wildman–Crippen LogP) is 1.89. The lowest BCUT2D eigenvalue weighted by Gasteiger charge is -2.06. The molecular formula is C14H15N2O5. The second kappa shape index (κ2) is 7.88. The maximum atomic E-state index is 11.5. The van der Waals surface area contributed by atoms with E-state index in [1.807, 2.05) is 0 Å². The van der Waals surface area contributed by atoms with E-state index in [-0.39, 0.29) is 6.61 Å². The van der Waals surface area contributed by atoms with Crippen LogP contribution in [0.3, 0.4) is 0 Å². The third-order valence-electron chi connectivity index (χ3n) is 2.43. The largest absolute Gasteiger partial charge is 0.465 e. The highest BCUT2D eigenvalue weighted by atomic mass is 16.5. The number of benzene rings is 1. The highest BCUT2D eigenvalue weighted by Crippen LogP contribution is 2.15. The van der Waals surface area contributed by atoms with Crippen LogP contribution in [0, 0.1) is 6.92 Å². The molecule has 1 rings (SSSR count). The summed E-state index contributed by atoms with van der Waals surface area (Å²) in [6.07, 6.45) is 0. The molecule has 0 amide bonds. The van der Waals surface area contributed by atoms with E-state index in [2.05, 4.69) is 26.6 Å². The first kappa shape index (κ1) is 16.5. The van der Waals surface area contributed by atoms with Crippen molar-refractivity contribution in [1.29, 1.82) is 0 Å². The number of nitrogens with zero attached hydrogens (tertiary/aromatic N) is 2. The Kier molecular flexibility index (Phi) is 6.19. The molecule has 7 heteroatoms. The number of hydrogen-bond donors (Lipinski definition) is 0. The Morgan fingerprint density at radius 2 is 1.86 bits per heavy atom. The molecule has 0 spiro atoms. The Labute approximate surface area is 122 Å². The predicted molar refractivity (Wildman–Crippen MR) is 73.1 cm³/mol. The van der Waals surface area contributed by atoms with Crippen molar-refractivity contribution in [1.82, 2.24) is 0 Å². The molecule has 1 unspecified atom stereocenters. The van der Waals surface area contributed by atoms with E-state index in [1.54, 1.807) is 0 Å². The number of ketones is 1. The van der Waals surface area contributed by atoms with Gasteiger partial charge in [0.2, 0.25) is 6.04 Å². The zero-order chi connectivity index (χ0) is 15.8. The van der Waals surface area contributed by atoms with Crippen LogP contribution >= 0.6 is 0 Å². The van der Waals surface area contributed by atoms with Crippen molar-refractivity contribution in [3.63, 3.8) is 0 Å². The lowest BCUT2D eigenvalue weighted by molar-refractivity contribution is -0.146. The molecular weight excluding hydrogens is 276 g/mol. The van der Waals surface area contributed by atoms with Gasteiger partial charge in [0.25, 0.3) is 0 Å². The number of methoxy groups -OCH3 is 1.